The van der Waals surface area contributed by atoms with E-state index < -0.39 is 0 Å². The zero-order valence-electron chi connectivity index (χ0n) is 12.2. The number of hydrogen-bond donors (Lipinski definition) is 1. The van der Waals surface area contributed by atoms with Crippen molar-refractivity contribution in [1.29, 1.82) is 0 Å². The van der Waals surface area contributed by atoms with Crippen molar-refractivity contribution in [3.05, 3.63) is 65.0 Å². The van der Waals surface area contributed by atoms with Gasteiger partial charge in [-0.05, 0) is 49.1 Å². The van der Waals surface area contributed by atoms with Crippen molar-refractivity contribution in [2.24, 2.45) is 0 Å². The van der Waals surface area contributed by atoms with E-state index >= 15 is 0 Å². The van der Waals surface area contributed by atoms with Gasteiger partial charge in [0.05, 0.1) is 11.6 Å². The van der Waals surface area contributed by atoms with Crippen LogP contribution in [0.25, 0.3) is 0 Å². The van der Waals surface area contributed by atoms with Crippen molar-refractivity contribution < 1.29 is 4.79 Å². The molecule has 2 aromatic rings. The fraction of sp³-hybridized carbons (Fsp3) is 0.294. The summed E-state index contributed by atoms with van der Waals surface area (Å²) in [6.45, 7) is 6.26. The molecule has 3 heteroatoms. The standard InChI is InChI=1S/C17H20N2O/c1-4-16(14-8-7-12(2)13(3)10-14)19-17(20)15-6-5-9-18-11-15/h5-11,16H,4H2,1-3H3,(H,19,20)/t16-/m0/s1. The van der Waals surface area contributed by atoms with Crippen LogP contribution in [-0.4, -0.2) is 10.9 Å². The molecule has 0 saturated heterocycles. The minimum atomic E-state index is -0.0804. The first-order chi connectivity index (χ1) is 9.61. The third-order valence-electron chi connectivity index (χ3n) is 3.57. The zero-order chi connectivity index (χ0) is 14.5. The van der Waals surface area contributed by atoms with E-state index in [1.165, 1.54) is 11.1 Å². The van der Waals surface area contributed by atoms with Crippen molar-refractivity contribution in [3.63, 3.8) is 0 Å². The van der Waals surface area contributed by atoms with Crippen LogP contribution >= 0.6 is 0 Å². The molecule has 1 aromatic heterocycles. The summed E-state index contributed by atoms with van der Waals surface area (Å²) < 4.78 is 0. The number of hydrogen-bond acceptors (Lipinski definition) is 2. The lowest BCUT2D eigenvalue weighted by molar-refractivity contribution is 0.0935. The van der Waals surface area contributed by atoms with Gasteiger partial charge >= 0.3 is 0 Å². The van der Waals surface area contributed by atoms with Crippen molar-refractivity contribution in [2.45, 2.75) is 33.2 Å². The van der Waals surface area contributed by atoms with Gasteiger partial charge in [-0.1, -0.05) is 25.1 Å². The van der Waals surface area contributed by atoms with Crippen LogP contribution in [0.15, 0.2) is 42.7 Å². The molecule has 0 aliphatic heterocycles. The van der Waals surface area contributed by atoms with Gasteiger partial charge in [0.15, 0.2) is 0 Å². The first-order valence-corrected chi connectivity index (χ1v) is 6.90. The smallest absolute Gasteiger partial charge is 0.253 e. The van der Waals surface area contributed by atoms with Crippen LogP contribution in [-0.2, 0) is 0 Å². The fourth-order valence-corrected chi connectivity index (χ4v) is 2.14. The number of aromatic nitrogens is 1. The van der Waals surface area contributed by atoms with E-state index in [1.807, 2.05) is 0 Å². The van der Waals surface area contributed by atoms with Gasteiger partial charge in [0.1, 0.15) is 0 Å². The number of benzene rings is 1. The second-order valence-corrected chi connectivity index (χ2v) is 5.02. The highest BCUT2D eigenvalue weighted by Gasteiger charge is 2.14. The lowest BCUT2D eigenvalue weighted by atomic mass is 9.99. The normalized spacial score (nSPS) is 11.9. The minimum Gasteiger partial charge on any atom is -0.345 e. The summed E-state index contributed by atoms with van der Waals surface area (Å²) in [7, 11) is 0. The summed E-state index contributed by atoms with van der Waals surface area (Å²) >= 11 is 0. The molecule has 0 saturated carbocycles. The van der Waals surface area contributed by atoms with E-state index in [0.29, 0.717) is 5.56 Å². The molecule has 2 rings (SSSR count). The molecular weight excluding hydrogens is 248 g/mol. The quantitative estimate of drug-likeness (QED) is 0.921. The number of carbonyl (C=O) groups excluding carboxylic acids is 1. The molecule has 0 unspecified atom stereocenters. The summed E-state index contributed by atoms with van der Waals surface area (Å²) in [4.78, 5) is 16.2. The third-order valence-corrected chi connectivity index (χ3v) is 3.57. The number of rotatable bonds is 4. The van der Waals surface area contributed by atoms with E-state index in [4.69, 9.17) is 0 Å². The highest BCUT2D eigenvalue weighted by Crippen LogP contribution is 2.20. The second-order valence-electron chi connectivity index (χ2n) is 5.02. The van der Waals surface area contributed by atoms with Gasteiger partial charge in [-0.25, -0.2) is 0 Å². The fourth-order valence-electron chi connectivity index (χ4n) is 2.14. The highest BCUT2D eigenvalue weighted by molar-refractivity contribution is 5.94. The van der Waals surface area contributed by atoms with E-state index in [1.54, 1.807) is 24.5 Å². The molecule has 1 heterocycles. The average molecular weight is 268 g/mol. The molecule has 104 valence electrons. The van der Waals surface area contributed by atoms with Crippen molar-refractivity contribution >= 4 is 5.91 Å². The van der Waals surface area contributed by atoms with E-state index in [9.17, 15) is 4.79 Å². The molecule has 3 nitrogen and oxygen atoms in total. The van der Waals surface area contributed by atoms with Crippen LogP contribution < -0.4 is 5.32 Å². The number of pyridine rings is 1. The summed E-state index contributed by atoms with van der Waals surface area (Å²) in [6, 6.07) is 9.90. The molecule has 1 N–H and O–H groups in total. The Morgan fingerprint density at radius 3 is 2.65 bits per heavy atom. The largest absolute Gasteiger partial charge is 0.345 e. The predicted molar refractivity (Wildman–Crippen MR) is 80.7 cm³/mol. The van der Waals surface area contributed by atoms with Gasteiger partial charge in [-0.2, -0.15) is 0 Å². The number of aryl methyl sites for hydroxylation is 2. The topological polar surface area (TPSA) is 42.0 Å². The monoisotopic (exact) mass is 268 g/mol. The van der Waals surface area contributed by atoms with Gasteiger partial charge in [0, 0.05) is 12.4 Å². The molecule has 0 radical (unpaired) electrons. The van der Waals surface area contributed by atoms with Crippen molar-refractivity contribution in [3.8, 4) is 0 Å². The molecule has 0 aliphatic carbocycles. The number of nitrogens with one attached hydrogen (secondary N) is 1. The minimum absolute atomic E-state index is 0.0296. The van der Waals surface area contributed by atoms with Crippen molar-refractivity contribution in [1.82, 2.24) is 10.3 Å². The maximum absolute atomic E-state index is 12.2. The lowest BCUT2D eigenvalue weighted by Gasteiger charge is -2.18. The molecule has 0 spiro atoms. The zero-order valence-corrected chi connectivity index (χ0v) is 12.2. The third kappa shape index (κ3) is 3.23. The maximum Gasteiger partial charge on any atom is 0.253 e. The SMILES string of the molecule is CC[C@H](NC(=O)c1cccnc1)c1ccc(C)c(C)c1. The first kappa shape index (κ1) is 14.3. The Hall–Kier alpha value is -2.16. The van der Waals surface area contributed by atoms with Gasteiger partial charge in [-0.3, -0.25) is 9.78 Å². The molecule has 0 fully saturated rings. The van der Waals surface area contributed by atoms with Crippen LogP contribution in [0.1, 0.15) is 46.4 Å². The summed E-state index contributed by atoms with van der Waals surface area (Å²) in [5.74, 6) is -0.0804. The van der Waals surface area contributed by atoms with E-state index in [-0.39, 0.29) is 11.9 Å². The molecule has 1 atom stereocenters. The Labute approximate surface area is 120 Å². The molecule has 20 heavy (non-hydrogen) atoms. The van der Waals surface area contributed by atoms with E-state index in [0.717, 1.165) is 12.0 Å². The lowest BCUT2D eigenvalue weighted by Crippen LogP contribution is -2.28. The Bertz CT molecular complexity index is 593. The predicted octanol–water partition coefficient (Wildman–Crippen LogP) is 3.58. The maximum atomic E-state index is 12.2. The van der Waals surface area contributed by atoms with Crippen LogP contribution in [0.3, 0.4) is 0 Å². The van der Waals surface area contributed by atoms with Crippen LogP contribution in [0.2, 0.25) is 0 Å². The summed E-state index contributed by atoms with van der Waals surface area (Å²) in [5, 5.41) is 3.07. The highest BCUT2D eigenvalue weighted by atomic mass is 16.1. The average Bonchev–Trinajstić information content (AvgIpc) is 2.48. The molecular formula is C17H20N2O. The Morgan fingerprint density at radius 1 is 1.25 bits per heavy atom. The second kappa shape index (κ2) is 6.33. The molecule has 0 aliphatic rings. The van der Waals surface area contributed by atoms with Crippen molar-refractivity contribution in [2.75, 3.05) is 0 Å². The Kier molecular flexibility index (Phi) is 4.51. The molecule has 1 amide bonds. The molecule has 0 bridgehead atoms. The Balaban J connectivity index is 2.16. The Morgan fingerprint density at radius 2 is 2.05 bits per heavy atom. The number of carbonyl (C=O) groups is 1. The van der Waals surface area contributed by atoms with Crippen LogP contribution in [0, 0.1) is 13.8 Å². The molecule has 1 aromatic carbocycles. The van der Waals surface area contributed by atoms with Gasteiger partial charge in [0.2, 0.25) is 0 Å². The van der Waals surface area contributed by atoms with Gasteiger partial charge in [0.25, 0.3) is 5.91 Å². The van der Waals surface area contributed by atoms with E-state index in [2.05, 4.69) is 49.3 Å². The first-order valence-electron chi connectivity index (χ1n) is 6.90. The summed E-state index contributed by atoms with van der Waals surface area (Å²) in [5.41, 5.74) is 4.25. The number of amides is 1. The van der Waals surface area contributed by atoms with Gasteiger partial charge in [-0.15, -0.1) is 0 Å². The number of nitrogens with zero attached hydrogens (tertiary/aromatic N) is 1. The van der Waals surface area contributed by atoms with Crippen LogP contribution in [0.5, 0.6) is 0 Å². The van der Waals surface area contributed by atoms with Gasteiger partial charge < -0.3 is 5.32 Å². The summed E-state index contributed by atoms with van der Waals surface area (Å²) in [6.07, 6.45) is 4.11. The van der Waals surface area contributed by atoms with Crippen LogP contribution in [0.4, 0.5) is 0 Å².